The molecule has 1 N–H and O–H groups in total. The molecule has 2 aromatic carbocycles. The summed E-state index contributed by atoms with van der Waals surface area (Å²) in [6, 6.07) is 12.1. The van der Waals surface area contributed by atoms with Gasteiger partial charge < -0.3 is 10.2 Å². The Bertz CT molecular complexity index is 810. The van der Waals surface area contributed by atoms with E-state index in [0.717, 1.165) is 0 Å². The summed E-state index contributed by atoms with van der Waals surface area (Å²) in [4.78, 5) is 26.3. The highest BCUT2D eigenvalue weighted by molar-refractivity contribution is 6.44. The van der Waals surface area contributed by atoms with Gasteiger partial charge in [0.2, 0.25) is 11.8 Å². The van der Waals surface area contributed by atoms with Crippen LogP contribution in [0.2, 0.25) is 15.1 Å². The Morgan fingerprint density at radius 3 is 2.50 bits per heavy atom. The van der Waals surface area contributed by atoms with E-state index in [1.807, 2.05) is 0 Å². The van der Waals surface area contributed by atoms with Crippen LogP contribution in [-0.4, -0.2) is 18.4 Å². The zero-order valence-corrected chi connectivity index (χ0v) is 14.7. The fraction of sp³-hybridized carbons (Fsp3) is 0.176. The summed E-state index contributed by atoms with van der Waals surface area (Å²) in [5, 5.41) is 3.84. The predicted molar refractivity (Wildman–Crippen MR) is 97.0 cm³/mol. The Kier molecular flexibility index (Phi) is 4.99. The lowest BCUT2D eigenvalue weighted by Crippen LogP contribution is -2.28. The number of para-hydroxylation sites is 1. The van der Waals surface area contributed by atoms with Crippen LogP contribution in [-0.2, 0) is 9.59 Å². The Labute approximate surface area is 154 Å². The van der Waals surface area contributed by atoms with Gasteiger partial charge in [0.15, 0.2) is 0 Å². The molecule has 3 rings (SSSR count). The van der Waals surface area contributed by atoms with Crippen molar-refractivity contribution in [1.82, 2.24) is 0 Å². The highest BCUT2D eigenvalue weighted by atomic mass is 35.5. The third kappa shape index (κ3) is 3.36. The third-order valence-electron chi connectivity index (χ3n) is 3.85. The summed E-state index contributed by atoms with van der Waals surface area (Å²) in [6.07, 6.45) is 0.120. The van der Waals surface area contributed by atoms with Crippen LogP contribution in [0.25, 0.3) is 0 Å². The molecule has 0 aromatic heterocycles. The van der Waals surface area contributed by atoms with Gasteiger partial charge in [0, 0.05) is 13.0 Å². The summed E-state index contributed by atoms with van der Waals surface area (Å²) in [5.41, 5.74) is 1.04. The zero-order chi connectivity index (χ0) is 17.3. The van der Waals surface area contributed by atoms with Crippen molar-refractivity contribution in [3.8, 4) is 0 Å². The van der Waals surface area contributed by atoms with Crippen molar-refractivity contribution in [3.63, 3.8) is 0 Å². The van der Waals surface area contributed by atoms with Crippen LogP contribution in [0.1, 0.15) is 6.42 Å². The topological polar surface area (TPSA) is 49.4 Å². The first-order valence-corrected chi connectivity index (χ1v) is 8.40. The van der Waals surface area contributed by atoms with Crippen LogP contribution in [0.4, 0.5) is 11.4 Å². The standard InChI is InChI=1S/C17H13Cl3N2O2/c18-11-4-1-2-7-14(11)22-9-10(8-15(22)23)17(24)21-13-6-3-5-12(19)16(13)20/h1-7,10H,8-9H2,(H,21,24)/t10-/m0/s1. The smallest absolute Gasteiger partial charge is 0.229 e. The lowest BCUT2D eigenvalue weighted by Gasteiger charge is -2.18. The van der Waals surface area contributed by atoms with Gasteiger partial charge in [0.05, 0.1) is 32.4 Å². The molecule has 4 nitrogen and oxygen atoms in total. The van der Waals surface area contributed by atoms with Gasteiger partial charge in [-0.15, -0.1) is 0 Å². The van der Waals surface area contributed by atoms with E-state index in [2.05, 4.69) is 5.32 Å². The second-order valence-corrected chi connectivity index (χ2v) is 6.64. The SMILES string of the molecule is O=C(Nc1cccc(Cl)c1Cl)[C@H]1CC(=O)N(c2ccccc2Cl)C1. The molecular formula is C17H13Cl3N2O2. The highest BCUT2D eigenvalue weighted by Crippen LogP contribution is 2.33. The number of hydrogen-bond donors (Lipinski definition) is 1. The zero-order valence-electron chi connectivity index (χ0n) is 12.4. The molecule has 1 saturated heterocycles. The number of nitrogens with one attached hydrogen (secondary N) is 1. The van der Waals surface area contributed by atoms with E-state index >= 15 is 0 Å². The second-order valence-electron chi connectivity index (χ2n) is 5.45. The first-order chi connectivity index (χ1) is 11.5. The van der Waals surface area contributed by atoms with Crippen LogP contribution < -0.4 is 10.2 Å². The molecule has 0 spiro atoms. The van der Waals surface area contributed by atoms with Gasteiger partial charge in [0.25, 0.3) is 0 Å². The monoisotopic (exact) mass is 382 g/mol. The first-order valence-electron chi connectivity index (χ1n) is 7.27. The average Bonchev–Trinajstić information content (AvgIpc) is 2.94. The van der Waals surface area contributed by atoms with E-state index in [0.29, 0.717) is 21.4 Å². The summed E-state index contributed by atoms with van der Waals surface area (Å²) < 4.78 is 0. The highest BCUT2D eigenvalue weighted by Gasteiger charge is 2.36. The lowest BCUT2D eigenvalue weighted by atomic mass is 10.1. The molecule has 7 heteroatoms. The minimum Gasteiger partial charge on any atom is -0.324 e. The molecule has 1 fully saturated rings. The second kappa shape index (κ2) is 7.01. The van der Waals surface area contributed by atoms with Crippen molar-refractivity contribution >= 4 is 58.0 Å². The van der Waals surface area contributed by atoms with Crippen molar-refractivity contribution < 1.29 is 9.59 Å². The van der Waals surface area contributed by atoms with Crippen LogP contribution in [0.15, 0.2) is 42.5 Å². The number of benzene rings is 2. The van der Waals surface area contributed by atoms with Crippen LogP contribution >= 0.6 is 34.8 Å². The Morgan fingerprint density at radius 2 is 1.75 bits per heavy atom. The summed E-state index contributed by atoms with van der Waals surface area (Å²) in [6.45, 7) is 0.270. The minimum atomic E-state index is -0.483. The first kappa shape index (κ1) is 17.1. The number of hydrogen-bond acceptors (Lipinski definition) is 2. The summed E-state index contributed by atoms with van der Waals surface area (Å²) in [5.74, 6) is -0.897. The van der Waals surface area contributed by atoms with Crippen molar-refractivity contribution in [2.75, 3.05) is 16.8 Å². The van der Waals surface area contributed by atoms with Crippen molar-refractivity contribution in [1.29, 1.82) is 0 Å². The van der Waals surface area contributed by atoms with Crippen LogP contribution in [0.5, 0.6) is 0 Å². The van der Waals surface area contributed by atoms with E-state index in [-0.39, 0.29) is 29.8 Å². The van der Waals surface area contributed by atoms with E-state index in [1.165, 1.54) is 4.90 Å². The van der Waals surface area contributed by atoms with Crippen molar-refractivity contribution in [2.24, 2.45) is 5.92 Å². The number of rotatable bonds is 3. The van der Waals surface area contributed by atoms with E-state index < -0.39 is 5.92 Å². The lowest BCUT2D eigenvalue weighted by molar-refractivity contribution is -0.122. The van der Waals surface area contributed by atoms with Gasteiger partial charge >= 0.3 is 0 Å². The molecule has 0 radical (unpaired) electrons. The molecule has 0 unspecified atom stereocenters. The molecule has 2 amide bonds. The normalized spacial score (nSPS) is 17.2. The molecule has 124 valence electrons. The van der Waals surface area contributed by atoms with Gasteiger partial charge in [-0.2, -0.15) is 0 Å². The number of amides is 2. The molecule has 1 aliphatic heterocycles. The van der Waals surface area contributed by atoms with Gasteiger partial charge in [-0.05, 0) is 24.3 Å². The molecule has 1 aliphatic rings. The van der Waals surface area contributed by atoms with Crippen molar-refractivity contribution in [2.45, 2.75) is 6.42 Å². The van der Waals surface area contributed by atoms with Crippen molar-refractivity contribution in [3.05, 3.63) is 57.5 Å². The number of anilines is 2. The van der Waals surface area contributed by atoms with E-state index in [4.69, 9.17) is 34.8 Å². The Balaban J connectivity index is 1.75. The Morgan fingerprint density at radius 1 is 1.04 bits per heavy atom. The van der Waals surface area contributed by atoms with Gasteiger partial charge in [-0.25, -0.2) is 0 Å². The maximum Gasteiger partial charge on any atom is 0.229 e. The number of nitrogens with zero attached hydrogens (tertiary/aromatic N) is 1. The summed E-state index contributed by atoms with van der Waals surface area (Å²) >= 11 is 18.2. The number of carbonyl (C=O) groups excluding carboxylic acids is 2. The molecule has 0 bridgehead atoms. The molecule has 1 heterocycles. The minimum absolute atomic E-state index is 0.120. The van der Waals surface area contributed by atoms with Gasteiger partial charge in [-0.1, -0.05) is 53.0 Å². The maximum absolute atomic E-state index is 12.5. The van der Waals surface area contributed by atoms with Gasteiger partial charge in [0.1, 0.15) is 0 Å². The van der Waals surface area contributed by atoms with Crippen LogP contribution in [0, 0.1) is 5.92 Å². The van der Waals surface area contributed by atoms with E-state index in [9.17, 15) is 9.59 Å². The molecule has 0 saturated carbocycles. The quantitative estimate of drug-likeness (QED) is 0.839. The fourth-order valence-electron chi connectivity index (χ4n) is 2.62. The number of halogens is 3. The molecule has 1 atom stereocenters. The predicted octanol–water partition coefficient (Wildman–Crippen LogP) is 4.64. The average molecular weight is 384 g/mol. The fourth-order valence-corrected chi connectivity index (χ4v) is 3.21. The molecule has 0 aliphatic carbocycles. The van der Waals surface area contributed by atoms with Crippen LogP contribution in [0.3, 0.4) is 0 Å². The number of carbonyl (C=O) groups is 2. The Hall–Kier alpha value is -1.75. The molecular weight excluding hydrogens is 371 g/mol. The summed E-state index contributed by atoms with van der Waals surface area (Å²) in [7, 11) is 0. The van der Waals surface area contributed by atoms with E-state index in [1.54, 1.807) is 42.5 Å². The molecule has 24 heavy (non-hydrogen) atoms. The molecule has 2 aromatic rings. The largest absolute Gasteiger partial charge is 0.324 e. The third-order valence-corrected chi connectivity index (χ3v) is 4.99. The van der Waals surface area contributed by atoms with Gasteiger partial charge in [-0.3, -0.25) is 9.59 Å². The maximum atomic E-state index is 12.5.